The molecule has 0 amide bonds. The number of aryl methyl sites for hydroxylation is 2. The van der Waals surface area contributed by atoms with Gasteiger partial charge in [0.15, 0.2) is 0 Å². The summed E-state index contributed by atoms with van der Waals surface area (Å²) in [5.41, 5.74) is 2.64. The molecule has 0 saturated heterocycles. The molecule has 4 rings (SSSR count). The summed E-state index contributed by atoms with van der Waals surface area (Å²) in [6.45, 7) is 14.8. The summed E-state index contributed by atoms with van der Waals surface area (Å²) >= 11 is 0. The fourth-order valence-corrected chi connectivity index (χ4v) is 3.79. The zero-order valence-corrected chi connectivity index (χ0v) is 22.7. The van der Waals surface area contributed by atoms with Crippen molar-refractivity contribution in [3.63, 3.8) is 0 Å². The highest BCUT2D eigenvalue weighted by atomic mass is 16.6. The van der Waals surface area contributed by atoms with Gasteiger partial charge in [0.2, 0.25) is 0 Å². The van der Waals surface area contributed by atoms with Crippen LogP contribution in [0.1, 0.15) is 60.1 Å². The van der Waals surface area contributed by atoms with Crippen molar-refractivity contribution in [2.45, 2.75) is 74.0 Å². The van der Waals surface area contributed by atoms with Gasteiger partial charge in [-0.3, -0.25) is 9.13 Å². The van der Waals surface area contributed by atoms with E-state index in [1.807, 2.05) is 65.0 Å². The molecule has 0 unspecified atom stereocenters. The molecule has 0 saturated carbocycles. The molecule has 4 aromatic rings. The smallest absolute Gasteiger partial charge is 0.443 e. The predicted octanol–water partition coefficient (Wildman–Crippen LogP) is 5.78. The van der Waals surface area contributed by atoms with Crippen molar-refractivity contribution in [2.24, 2.45) is 0 Å². The van der Waals surface area contributed by atoms with Gasteiger partial charge in [0, 0.05) is 17.0 Å². The number of benzene rings is 2. The first-order valence-corrected chi connectivity index (χ1v) is 12.1. The molecule has 0 aliphatic rings. The van der Waals surface area contributed by atoms with Crippen LogP contribution in [0.5, 0.6) is 0 Å². The molecule has 2 N–H and O–H groups in total. The maximum absolute atomic E-state index is 12.3. The van der Waals surface area contributed by atoms with Gasteiger partial charge in [0.05, 0.1) is 16.6 Å². The first-order valence-electron chi connectivity index (χ1n) is 12.1. The van der Waals surface area contributed by atoms with Gasteiger partial charge in [-0.15, -0.1) is 0 Å². The molecule has 38 heavy (non-hydrogen) atoms. The number of fused-ring (bicyclic) bond motifs is 2. The first-order chi connectivity index (χ1) is 17.1. The van der Waals surface area contributed by atoms with Crippen LogP contribution in [0.2, 0.25) is 0 Å². The molecule has 2 aromatic carbocycles. The van der Waals surface area contributed by atoms with Crippen LogP contribution in [0.15, 0.2) is 54.7 Å². The molecule has 0 aliphatic carbocycles. The van der Waals surface area contributed by atoms with Gasteiger partial charge >= 0.3 is 19.3 Å². The minimum atomic E-state index is -1.74. The highest BCUT2D eigenvalue weighted by Crippen LogP contribution is 2.20. The van der Waals surface area contributed by atoms with Gasteiger partial charge < -0.3 is 19.5 Å². The predicted molar refractivity (Wildman–Crippen MR) is 153 cm³/mol. The third-order valence-corrected chi connectivity index (χ3v) is 5.26. The number of hydrogen-bond acceptors (Lipinski definition) is 6. The average molecular weight is 522 g/mol. The number of ether oxygens (including phenoxy) is 2. The molecule has 204 valence electrons. The summed E-state index contributed by atoms with van der Waals surface area (Å²) in [7, 11) is -1.74. The van der Waals surface area contributed by atoms with Crippen molar-refractivity contribution >= 4 is 46.7 Å². The van der Waals surface area contributed by atoms with E-state index in [9.17, 15) is 19.6 Å². The first kappa shape index (κ1) is 30.7. The van der Waals surface area contributed by atoms with Crippen molar-refractivity contribution in [3.8, 4) is 0 Å². The Hall–Kier alpha value is -3.56. The topological polar surface area (TPSA) is 103 Å². The third-order valence-electron chi connectivity index (χ3n) is 5.26. The van der Waals surface area contributed by atoms with Crippen LogP contribution in [-0.2, 0) is 9.47 Å². The van der Waals surface area contributed by atoms with E-state index < -0.39 is 24.4 Å². The lowest BCUT2D eigenvalue weighted by Gasteiger charge is -2.21. The lowest BCUT2D eigenvalue weighted by molar-refractivity contribution is 0.0534. The molecule has 0 fully saturated rings. The van der Waals surface area contributed by atoms with Crippen LogP contribution in [0.3, 0.4) is 0 Å². The minimum absolute atomic E-state index is 0. The van der Waals surface area contributed by atoms with Gasteiger partial charge in [-0.25, -0.2) is 9.59 Å². The van der Waals surface area contributed by atoms with Gasteiger partial charge in [0.1, 0.15) is 11.2 Å². The van der Waals surface area contributed by atoms with Crippen molar-refractivity contribution < 1.29 is 29.1 Å². The molecule has 0 radical (unpaired) electrons. The summed E-state index contributed by atoms with van der Waals surface area (Å²) in [6.07, 6.45) is 0.786. The van der Waals surface area contributed by atoms with Gasteiger partial charge in [-0.05, 0) is 91.8 Å². The summed E-state index contributed by atoms with van der Waals surface area (Å²) in [5.74, 6) is 0. The van der Waals surface area contributed by atoms with Crippen LogP contribution < -0.4 is 5.59 Å². The molecule has 0 spiro atoms. The Morgan fingerprint density at radius 3 is 1.76 bits per heavy atom. The molecule has 9 heteroatoms. The fraction of sp³-hybridized carbons (Fsp3) is 0.379. The highest BCUT2D eigenvalue weighted by Gasteiger charge is 2.27. The Labute approximate surface area is 224 Å². The Morgan fingerprint density at radius 1 is 0.737 bits per heavy atom. The second kappa shape index (κ2) is 11.5. The summed E-state index contributed by atoms with van der Waals surface area (Å²) < 4.78 is 13.4. The van der Waals surface area contributed by atoms with Crippen LogP contribution in [0.25, 0.3) is 21.8 Å². The largest absolute Gasteiger partial charge is 0.506 e. The second-order valence-electron chi connectivity index (χ2n) is 11.0. The standard InChI is InChI=1S/C14H18BNO4.C14H17NO2.CH4/c1-9-5-6-11-10(7-9)8-12(15(18)19)16(11)13(17)20-14(2,3)4;1-10-5-6-12-11(9-10)7-8-15(12)13(16)17-14(2,3)4;/h5-8,18-19H,1-4H3;5-9H,1-4H3;1H4. The van der Waals surface area contributed by atoms with Crippen LogP contribution in [0, 0.1) is 13.8 Å². The fourth-order valence-electron chi connectivity index (χ4n) is 3.79. The monoisotopic (exact) mass is 522 g/mol. The minimum Gasteiger partial charge on any atom is -0.443 e. The van der Waals surface area contributed by atoms with Gasteiger partial charge in [-0.2, -0.15) is 0 Å². The number of carbonyl (C=O) groups is 2. The number of nitrogens with zero attached hydrogens (tertiary/aromatic N) is 2. The summed E-state index contributed by atoms with van der Waals surface area (Å²) in [4.78, 5) is 24.2. The Bertz CT molecular complexity index is 1440. The van der Waals surface area contributed by atoms with E-state index in [0.29, 0.717) is 5.52 Å². The van der Waals surface area contributed by atoms with Gasteiger partial charge in [0.25, 0.3) is 0 Å². The third kappa shape index (κ3) is 7.49. The molecule has 2 aromatic heterocycles. The zero-order valence-electron chi connectivity index (χ0n) is 22.7. The van der Waals surface area contributed by atoms with E-state index in [4.69, 9.17) is 9.47 Å². The highest BCUT2D eigenvalue weighted by molar-refractivity contribution is 6.59. The second-order valence-corrected chi connectivity index (χ2v) is 11.0. The molecule has 0 atom stereocenters. The maximum Gasteiger partial charge on any atom is 0.506 e. The Balaban J connectivity index is 0.000000263. The van der Waals surface area contributed by atoms with E-state index in [1.54, 1.807) is 43.7 Å². The van der Waals surface area contributed by atoms with Crippen molar-refractivity contribution in [2.75, 3.05) is 0 Å². The molecular formula is C29H39BN2O6. The average Bonchev–Trinajstić information content (AvgIpc) is 3.32. The normalized spacial score (nSPS) is 11.4. The maximum atomic E-state index is 12.3. The van der Waals surface area contributed by atoms with Crippen molar-refractivity contribution in [1.29, 1.82) is 0 Å². The summed E-state index contributed by atoms with van der Waals surface area (Å²) in [6, 6.07) is 15.0. The quantitative estimate of drug-likeness (QED) is 0.307. The van der Waals surface area contributed by atoms with Gasteiger partial charge in [-0.1, -0.05) is 30.7 Å². The van der Waals surface area contributed by atoms with Crippen LogP contribution >= 0.6 is 0 Å². The number of aromatic nitrogens is 2. The molecule has 0 bridgehead atoms. The van der Waals surface area contributed by atoms with E-state index in [-0.39, 0.29) is 19.1 Å². The number of carbonyl (C=O) groups excluding carboxylic acids is 2. The summed E-state index contributed by atoms with van der Waals surface area (Å²) in [5, 5.41) is 20.7. The van der Waals surface area contributed by atoms with E-state index >= 15 is 0 Å². The zero-order chi connectivity index (χ0) is 27.7. The van der Waals surface area contributed by atoms with Crippen LogP contribution in [-0.4, -0.2) is 49.7 Å². The molecule has 0 aliphatic heterocycles. The van der Waals surface area contributed by atoms with E-state index in [0.717, 1.165) is 21.9 Å². The molecule has 8 nitrogen and oxygen atoms in total. The van der Waals surface area contributed by atoms with Crippen molar-refractivity contribution in [3.05, 3.63) is 65.9 Å². The lowest BCUT2D eigenvalue weighted by Crippen LogP contribution is -2.40. The number of rotatable bonds is 1. The Kier molecular flexibility index (Phi) is 9.24. The molecular weight excluding hydrogens is 483 g/mol. The van der Waals surface area contributed by atoms with Crippen molar-refractivity contribution in [1.82, 2.24) is 9.13 Å². The Morgan fingerprint density at radius 2 is 1.24 bits per heavy atom. The SMILES string of the molecule is C.Cc1ccc2c(c1)cc(B(O)O)n2C(=O)OC(C)(C)C.Cc1ccc2c(ccn2C(=O)OC(C)(C)C)c1. The lowest BCUT2D eigenvalue weighted by atomic mass is 9.86. The molecule has 2 heterocycles. The van der Waals surface area contributed by atoms with Crippen LogP contribution in [0.4, 0.5) is 9.59 Å². The number of hydrogen-bond donors (Lipinski definition) is 2. The van der Waals surface area contributed by atoms with E-state index in [2.05, 4.69) is 6.07 Å². The van der Waals surface area contributed by atoms with E-state index in [1.165, 1.54) is 10.1 Å².